The van der Waals surface area contributed by atoms with Crippen LogP contribution < -0.4 is 10.3 Å². The zero-order valence-corrected chi connectivity index (χ0v) is 16.5. The van der Waals surface area contributed by atoms with Crippen LogP contribution >= 0.6 is 0 Å². The van der Waals surface area contributed by atoms with Gasteiger partial charge in [0.05, 0.1) is 13.2 Å². The van der Waals surface area contributed by atoms with Crippen molar-refractivity contribution in [1.82, 2.24) is 9.88 Å². The molecular formula is C24H24N2O3. The Morgan fingerprint density at radius 3 is 2.97 bits per heavy atom. The number of aromatic nitrogens is 1. The highest BCUT2D eigenvalue weighted by Crippen LogP contribution is 2.35. The Labute approximate surface area is 168 Å². The first-order valence-corrected chi connectivity index (χ1v) is 10.2. The van der Waals surface area contributed by atoms with Gasteiger partial charge in [-0.2, -0.15) is 0 Å². The molecule has 4 aromatic rings. The fraction of sp³-hybridized carbons (Fsp3) is 0.292. The number of nitrogens with one attached hydrogen (secondary N) is 1. The van der Waals surface area contributed by atoms with Crippen molar-refractivity contribution in [3.8, 4) is 5.75 Å². The van der Waals surface area contributed by atoms with Gasteiger partial charge in [-0.3, -0.25) is 9.69 Å². The van der Waals surface area contributed by atoms with Crippen LogP contribution in [0.3, 0.4) is 0 Å². The molecule has 0 saturated carbocycles. The highest BCUT2D eigenvalue weighted by atomic mass is 16.5. The van der Waals surface area contributed by atoms with Gasteiger partial charge < -0.3 is 14.1 Å². The minimum Gasteiger partial charge on any atom is -0.490 e. The van der Waals surface area contributed by atoms with E-state index in [0.29, 0.717) is 6.61 Å². The summed E-state index contributed by atoms with van der Waals surface area (Å²) in [7, 11) is 0. The molecule has 0 atom stereocenters. The molecule has 1 aliphatic rings. The summed E-state index contributed by atoms with van der Waals surface area (Å²) in [6.45, 7) is 5.42. The molecule has 0 aliphatic carbocycles. The largest absolute Gasteiger partial charge is 0.490 e. The SMILES string of the molecule is CCOc1cccc2c3c(oc12)CN(CCc1ccc2ccc(=O)[nH]c2c1)CC3. The van der Waals surface area contributed by atoms with Gasteiger partial charge in [-0.1, -0.05) is 24.3 Å². The Kier molecular flexibility index (Phi) is 4.60. The van der Waals surface area contributed by atoms with Crippen molar-refractivity contribution in [2.75, 3.05) is 19.7 Å². The summed E-state index contributed by atoms with van der Waals surface area (Å²) in [5.41, 5.74) is 4.26. The number of benzene rings is 2. The van der Waals surface area contributed by atoms with Crippen molar-refractivity contribution in [1.29, 1.82) is 0 Å². The van der Waals surface area contributed by atoms with Crippen LogP contribution in [0.1, 0.15) is 23.8 Å². The molecule has 29 heavy (non-hydrogen) atoms. The molecule has 0 unspecified atom stereocenters. The van der Waals surface area contributed by atoms with Crippen molar-refractivity contribution >= 4 is 21.9 Å². The summed E-state index contributed by atoms with van der Waals surface area (Å²) in [4.78, 5) is 16.9. The van der Waals surface area contributed by atoms with Gasteiger partial charge in [0.25, 0.3) is 0 Å². The third-order valence-corrected chi connectivity index (χ3v) is 5.72. The van der Waals surface area contributed by atoms with Crippen LogP contribution in [0, 0.1) is 0 Å². The van der Waals surface area contributed by atoms with E-state index in [4.69, 9.17) is 9.15 Å². The molecule has 0 bridgehead atoms. The van der Waals surface area contributed by atoms with Crippen LogP contribution in [0.15, 0.2) is 57.7 Å². The molecule has 1 aliphatic heterocycles. The highest BCUT2D eigenvalue weighted by Gasteiger charge is 2.23. The maximum Gasteiger partial charge on any atom is 0.248 e. The highest BCUT2D eigenvalue weighted by molar-refractivity contribution is 5.87. The molecule has 0 spiro atoms. The molecule has 1 N–H and O–H groups in total. The van der Waals surface area contributed by atoms with Gasteiger partial charge in [0, 0.05) is 35.6 Å². The zero-order valence-electron chi connectivity index (χ0n) is 16.5. The summed E-state index contributed by atoms with van der Waals surface area (Å²) in [5, 5.41) is 2.24. The first kappa shape index (κ1) is 18.0. The number of pyridine rings is 1. The average Bonchev–Trinajstić information content (AvgIpc) is 3.11. The van der Waals surface area contributed by atoms with Crippen molar-refractivity contribution < 1.29 is 9.15 Å². The fourth-order valence-corrected chi connectivity index (χ4v) is 4.25. The monoisotopic (exact) mass is 388 g/mol. The first-order valence-electron chi connectivity index (χ1n) is 10.2. The normalized spacial score (nSPS) is 14.4. The van der Waals surface area contributed by atoms with Gasteiger partial charge in [0.2, 0.25) is 5.56 Å². The number of aromatic amines is 1. The van der Waals surface area contributed by atoms with Gasteiger partial charge in [-0.15, -0.1) is 0 Å². The molecular weight excluding hydrogens is 364 g/mol. The molecule has 2 aromatic heterocycles. The van der Waals surface area contributed by atoms with Crippen molar-refractivity contribution in [3.63, 3.8) is 0 Å². The number of rotatable bonds is 5. The molecule has 5 heteroatoms. The van der Waals surface area contributed by atoms with E-state index in [1.54, 1.807) is 6.07 Å². The maximum absolute atomic E-state index is 11.6. The number of fused-ring (bicyclic) bond motifs is 4. The Morgan fingerprint density at radius 1 is 1.17 bits per heavy atom. The zero-order chi connectivity index (χ0) is 19.8. The summed E-state index contributed by atoms with van der Waals surface area (Å²) in [6, 6.07) is 15.9. The van der Waals surface area contributed by atoms with Gasteiger partial charge >= 0.3 is 0 Å². The molecule has 0 saturated heterocycles. The number of ether oxygens (including phenoxy) is 1. The second kappa shape index (κ2) is 7.41. The summed E-state index contributed by atoms with van der Waals surface area (Å²) >= 11 is 0. The smallest absolute Gasteiger partial charge is 0.248 e. The molecule has 148 valence electrons. The Balaban J connectivity index is 1.33. The fourth-order valence-electron chi connectivity index (χ4n) is 4.25. The lowest BCUT2D eigenvalue weighted by molar-refractivity contribution is 0.233. The minimum atomic E-state index is -0.0606. The second-order valence-corrected chi connectivity index (χ2v) is 7.59. The standard InChI is InChI=1S/C24H24N2O3/c1-2-28-21-5-3-4-19-18-11-13-26(15-22(18)29-24(19)21)12-10-16-6-7-17-8-9-23(27)25-20(17)14-16/h3-9,14H,2,10-13,15H2,1H3,(H,25,27). The van der Waals surface area contributed by atoms with E-state index in [-0.39, 0.29) is 5.56 Å². The lowest BCUT2D eigenvalue weighted by Crippen LogP contribution is -2.31. The Morgan fingerprint density at radius 2 is 2.07 bits per heavy atom. The average molecular weight is 388 g/mol. The molecule has 0 fully saturated rings. The Bertz CT molecular complexity index is 1240. The predicted octanol–water partition coefficient (Wildman–Crippen LogP) is 4.27. The van der Waals surface area contributed by atoms with E-state index in [1.807, 2.05) is 25.1 Å². The molecule has 0 amide bonds. The molecule has 0 radical (unpaired) electrons. The quantitative estimate of drug-likeness (QED) is 0.555. The van der Waals surface area contributed by atoms with Gasteiger partial charge in [0.15, 0.2) is 11.3 Å². The van der Waals surface area contributed by atoms with Crippen LogP contribution in [-0.4, -0.2) is 29.6 Å². The number of furan rings is 1. The third-order valence-electron chi connectivity index (χ3n) is 5.72. The van der Waals surface area contributed by atoms with E-state index < -0.39 is 0 Å². The van der Waals surface area contributed by atoms with Gasteiger partial charge in [-0.05, 0) is 48.9 Å². The molecule has 2 aromatic carbocycles. The van der Waals surface area contributed by atoms with E-state index in [0.717, 1.165) is 60.5 Å². The summed E-state index contributed by atoms with van der Waals surface area (Å²) in [5.74, 6) is 1.89. The molecule has 5 rings (SSSR count). The third kappa shape index (κ3) is 3.42. The van der Waals surface area contributed by atoms with Crippen LogP contribution in [0.25, 0.3) is 21.9 Å². The van der Waals surface area contributed by atoms with Crippen molar-refractivity contribution in [3.05, 3.63) is 75.8 Å². The Hall–Kier alpha value is -3.05. The van der Waals surface area contributed by atoms with Crippen LogP contribution in [0.5, 0.6) is 5.75 Å². The lowest BCUT2D eigenvalue weighted by atomic mass is 10.0. The van der Waals surface area contributed by atoms with Crippen molar-refractivity contribution in [2.24, 2.45) is 0 Å². The van der Waals surface area contributed by atoms with Gasteiger partial charge in [0.1, 0.15) is 5.76 Å². The number of hydrogen-bond donors (Lipinski definition) is 1. The summed E-state index contributed by atoms with van der Waals surface area (Å²) in [6.07, 6.45) is 1.93. The molecule has 3 heterocycles. The second-order valence-electron chi connectivity index (χ2n) is 7.59. The van der Waals surface area contributed by atoms with E-state index in [9.17, 15) is 4.79 Å². The van der Waals surface area contributed by atoms with Gasteiger partial charge in [-0.25, -0.2) is 0 Å². The number of para-hydroxylation sites is 1. The lowest BCUT2D eigenvalue weighted by Gasteiger charge is -2.25. The van der Waals surface area contributed by atoms with Crippen molar-refractivity contribution in [2.45, 2.75) is 26.3 Å². The predicted molar refractivity (Wildman–Crippen MR) is 115 cm³/mol. The summed E-state index contributed by atoms with van der Waals surface area (Å²) < 4.78 is 12.0. The topological polar surface area (TPSA) is 58.5 Å². The first-order chi connectivity index (χ1) is 14.2. The molecule has 5 nitrogen and oxygen atoms in total. The number of nitrogens with zero attached hydrogens (tertiary/aromatic N) is 1. The van der Waals surface area contributed by atoms with E-state index >= 15 is 0 Å². The number of H-pyrrole nitrogens is 1. The minimum absolute atomic E-state index is 0.0606. The van der Waals surface area contributed by atoms with E-state index in [2.05, 4.69) is 34.1 Å². The van der Waals surface area contributed by atoms with E-state index in [1.165, 1.54) is 16.5 Å². The van der Waals surface area contributed by atoms with Crippen LogP contribution in [0.2, 0.25) is 0 Å². The number of hydrogen-bond acceptors (Lipinski definition) is 4. The van der Waals surface area contributed by atoms with Crippen LogP contribution in [-0.2, 0) is 19.4 Å². The maximum atomic E-state index is 11.6. The van der Waals surface area contributed by atoms with Crippen LogP contribution in [0.4, 0.5) is 0 Å².